The SMILES string of the molecule is Cc1cccc2[nH]c(C(=O)N[C@H](C(=O)N[C@H](C)C[C@@H]3CCNC3=O)C3CCCCC3)cc12. The number of hydrogen-bond acceptors (Lipinski definition) is 3. The molecule has 0 spiro atoms. The van der Waals surface area contributed by atoms with Gasteiger partial charge in [-0.05, 0) is 63.1 Å². The predicted molar refractivity (Wildman–Crippen MR) is 124 cm³/mol. The molecule has 2 aliphatic rings. The molecule has 0 unspecified atom stereocenters. The van der Waals surface area contributed by atoms with E-state index < -0.39 is 6.04 Å². The molecular formula is C25H34N4O3. The molecule has 2 aromatic rings. The highest BCUT2D eigenvalue weighted by Gasteiger charge is 2.33. The zero-order chi connectivity index (χ0) is 22.7. The number of amides is 3. The number of rotatable bonds is 7. The summed E-state index contributed by atoms with van der Waals surface area (Å²) in [5.41, 5.74) is 2.49. The van der Waals surface area contributed by atoms with Crippen molar-refractivity contribution in [3.05, 3.63) is 35.5 Å². The van der Waals surface area contributed by atoms with Crippen LogP contribution in [0.2, 0.25) is 0 Å². The second kappa shape index (κ2) is 9.76. The molecule has 1 aromatic carbocycles. The van der Waals surface area contributed by atoms with Crippen molar-refractivity contribution in [1.29, 1.82) is 0 Å². The normalized spacial score (nSPS) is 21.2. The molecule has 1 aliphatic heterocycles. The van der Waals surface area contributed by atoms with E-state index in [1.165, 1.54) is 6.42 Å². The summed E-state index contributed by atoms with van der Waals surface area (Å²) >= 11 is 0. The molecule has 1 aromatic heterocycles. The number of carbonyl (C=O) groups is 3. The van der Waals surface area contributed by atoms with E-state index in [0.717, 1.165) is 48.6 Å². The number of aryl methyl sites for hydroxylation is 1. The van der Waals surface area contributed by atoms with Crippen LogP contribution in [-0.2, 0) is 9.59 Å². The van der Waals surface area contributed by atoms with Crippen LogP contribution < -0.4 is 16.0 Å². The Morgan fingerprint density at radius 2 is 1.91 bits per heavy atom. The van der Waals surface area contributed by atoms with Gasteiger partial charge in [-0.15, -0.1) is 0 Å². The fourth-order valence-corrected chi connectivity index (χ4v) is 5.20. The smallest absolute Gasteiger partial charge is 0.268 e. The maximum Gasteiger partial charge on any atom is 0.268 e. The van der Waals surface area contributed by atoms with E-state index in [1.54, 1.807) is 0 Å². The number of nitrogens with one attached hydrogen (secondary N) is 4. The number of carbonyl (C=O) groups excluding carboxylic acids is 3. The first kappa shape index (κ1) is 22.4. The van der Waals surface area contributed by atoms with Crippen LogP contribution in [-0.4, -0.2) is 41.3 Å². The number of aromatic nitrogens is 1. The Bertz CT molecular complexity index is 992. The third kappa shape index (κ3) is 4.97. The Morgan fingerprint density at radius 1 is 1.12 bits per heavy atom. The largest absolute Gasteiger partial charge is 0.356 e. The van der Waals surface area contributed by atoms with Gasteiger partial charge in [0.05, 0.1) is 0 Å². The van der Waals surface area contributed by atoms with Crippen LogP contribution in [0.15, 0.2) is 24.3 Å². The molecule has 1 saturated heterocycles. The summed E-state index contributed by atoms with van der Waals surface area (Å²) in [4.78, 5) is 41.5. The van der Waals surface area contributed by atoms with Gasteiger partial charge in [0, 0.05) is 29.4 Å². The maximum absolute atomic E-state index is 13.3. The fraction of sp³-hybridized carbons (Fsp3) is 0.560. The molecule has 0 radical (unpaired) electrons. The molecule has 172 valence electrons. The van der Waals surface area contributed by atoms with Crippen LogP contribution in [0.5, 0.6) is 0 Å². The van der Waals surface area contributed by atoms with Gasteiger partial charge in [-0.3, -0.25) is 14.4 Å². The molecule has 4 N–H and O–H groups in total. The van der Waals surface area contributed by atoms with Crippen molar-refractivity contribution in [2.24, 2.45) is 11.8 Å². The summed E-state index contributed by atoms with van der Waals surface area (Å²) in [5, 5.41) is 9.97. The summed E-state index contributed by atoms with van der Waals surface area (Å²) in [7, 11) is 0. The summed E-state index contributed by atoms with van der Waals surface area (Å²) in [6.45, 7) is 4.65. The Hall–Kier alpha value is -2.83. The Morgan fingerprint density at radius 3 is 2.59 bits per heavy atom. The third-order valence-corrected chi connectivity index (χ3v) is 7.01. The number of benzene rings is 1. The van der Waals surface area contributed by atoms with E-state index in [2.05, 4.69) is 20.9 Å². The van der Waals surface area contributed by atoms with Crippen LogP contribution >= 0.6 is 0 Å². The van der Waals surface area contributed by atoms with E-state index in [0.29, 0.717) is 18.7 Å². The van der Waals surface area contributed by atoms with Crippen LogP contribution in [0.3, 0.4) is 0 Å². The van der Waals surface area contributed by atoms with Gasteiger partial charge < -0.3 is 20.9 Å². The number of H-pyrrole nitrogens is 1. The molecule has 3 amide bonds. The first-order chi connectivity index (χ1) is 15.4. The van der Waals surface area contributed by atoms with Gasteiger partial charge in [0.2, 0.25) is 11.8 Å². The first-order valence-electron chi connectivity index (χ1n) is 11.9. The molecule has 2 fully saturated rings. The lowest BCUT2D eigenvalue weighted by atomic mass is 9.83. The second-order valence-corrected chi connectivity index (χ2v) is 9.49. The van der Waals surface area contributed by atoms with Gasteiger partial charge in [0.1, 0.15) is 11.7 Å². The van der Waals surface area contributed by atoms with Crippen LogP contribution in [0.25, 0.3) is 10.9 Å². The van der Waals surface area contributed by atoms with Crippen molar-refractivity contribution in [3.63, 3.8) is 0 Å². The highest BCUT2D eigenvalue weighted by atomic mass is 16.2. The number of aromatic amines is 1. The minimum absolute atomic E-state index is 0.0531. The van der Waals surface area contributed by atoms with E-state index in [4.69, 9.17) is 0 Å². The number of hydrogen-bond donors (Lipinski definition) is 4. The minimum Gasteiger partial charge on any atom is -0.356 e. The van der Waals surface area contributed by atoms with Gasteiger partial charge in [0.25, 0.3) is 5.91 Å². The molecule has 1 aliphatic carbocycles. The molecule has 32 heavy (non-hydrogen) atoms. The van der Waals surface area contributed by atoms with Gasteiger partial charge in [0.15, 0.2) is 0 Å². The third-order valence-electron chi connectivity index (χ3n) is 7.01. The number of fused-ring (bicyclic) bond motifs is 1. The van der Waals surface area contributed by atoms with E-state index in [9.17, 15) is 14.4 Å². The van der Waals surface area contributed by atoms with Gasteiger partial charge in [-0.1, -0.05) is 31.4 Å². The molecule has 4 rings (SSSR count). The molecule has 0 bridgehead atoms. The predicted octanol–water partition coefficient (Wildman–Crippen LogP) is 3.19. The molecular weight excluding hydrogens is 404 g/mol. The average Bonchev–Trinajstić information content (AvgIpc) is 3.39. The first-order valence-corrected chi connectivity index (χ1v) is 11.9. The highest BCUT2D eigenvalue weighted by Crippen LogP contribution is 2.27. The van der Waals surface area contributed by atoms with Crippen molar-refractivity contribution in [2.45, 2.75) is 70.9 Å². The lowest BCUT2D eigenvalue weighted by Crippen LogP contribution is -2.53. The summed E-state index contributed by atoms with van der Waals surface area (Å²) < 4.78 is 0. The van der Waals surface area contributed by atoms with Crippen molar-refractivity contribution in [2.75, 3.05) is 6.54 Å². The molecule has 7 nitrogen and oxygen atoms in total. The monoisotopic (exact) mass is 438 g/mol. The lowest BCUT2D eigenvalue weighted by molar-refractivity contribution is -0.126. The zero-order valence-corrected chi connectivity index (χ0v) is 19.0. The maximum atomic E-state index is 13.3. The second-order valence-electron chi connectivity index (χ2n) is 9.49. The quantitative estimate of drug-likeness (QED) is 0.534. The van der Waals surface area contributed by atoms with E-state index in [1.807, 2.05) is 38.1 Å². The molecule has 3 atom stereocenters. The van der Waals surface area contributed by atoms with E-state index in [-0.39, 0.29) is 35.6 Å². The average molecular weight is 439 g/mol. The highest BCUT2D eigenvalue weighted by molar-refractivity contribution is 6.00. The fourth-order valence-electron chi connectivity index (χ4n) is 5.20. The van der Waals surface area contributed by atoms with Gasteiger partial charge in [-0.25, -0.2) is 0 Å². The summed E-state index contributed by atoms with van der Waals surface area (Å²) in [5.74, 6) is -0.265. The molecule has 2 heterocycles. The minimum atomic E-state index is -0.574. The summed E-state index contributed by atoms with van der Waals surface area (Å²) in [6.07, 6.45) is 6.62. The van der Waals surface area contributed by atoms with Crippen LogP contribution in [0, 0.1) is 18.8 Å². The van der Waals surface area contributed by atoms with Crippen LogP contribution in [0.1, 0.15) is 67.9 Å². The molecule has 1 saturated carbocycles. The van der Waals surface area contributed by atoms with Crippen molar-refractivity contribution >= 4 is 28.6 Å². The van der Waals surface area contributed by atoms with E-state index >= 15 is 0 Å². The van der Waals surface area contributed by atoms with Crippen molar-refractivity contribution in [3.8, 4) is 0 Å². The standard InChI is InChI=1S/C25H34N4O3/c1-15-7-6-10-20-19(15)14-21(28-20)24(31)29-22(17-8-4-3-5-9-17)25(32)27-16(2)13-18-11-12-26-23(18)30/h6-7,10,14,16-18,22,28H,3-5,8-9,11-13H2,1-2H3,(H,26,30)(H,27,32)(H,29,31)/t16-,18+,22+/m1/s1. The van der Waals surface area contributed by atoms with Gasteiger partial charge >= 0.3 is 0 Å². The van der Waals surface area contributed by atoms with Gasteiger partial charge in [-0.2, -0.15) is 0 Å². The topological polar surface area (TPSA) is 103 Å². The summed E-state index contributed by atoms with van der Waals surface area (Å²) in [6, 6.07) is 7.08. The zero-order valence-electron chi connectivity index (χ0n) is 19.0. The van der Waals surface area contributed by atoms with Crippen molar-refractivity contribution in [1.82, 2.24) is 20.9 Å². The Balaban J connectivity index is 1.46. The Kier molecular flexibility index (Phi) is 6.82. The Labute approximate surface area is 189 Å². The lowest BCUT2D eigenvalue weighted by Gasteiger charge is -2.31. The van der Waals surface area contributed by atoms with Crippen molar-refractivity contribution < 1.29 is 14.4 Å². The van der Waals surface area contributed by atoms with Crippen LogP contribution in [0.4, 0.5) is 0 Å². The molecule has 7 heteroatoms.